The Labute approximate surface area is 61.9 Å². The van der Waals surface area contributed by atoms with Crippen molar-refractivity contribution in [3.63, 3.8) is 0 Å². The van der Waals surface area contributed by atoms with Gasteiger partial charge in [-0.2, -0.15) is 0 Å². The van der Waals surface area contributed by atoms with Crippen LogP contribution in [0.4, 0.5) is 0 Å². The van der Waals surface area contributed by atoms with E-state index in [1.165, 1.54) is 0 Å². The van der Waals surface area contributed by atoms with Crippen molar-refractivity contribution in [3.8, 4) is 0 Å². The Morgan fingerprint density at radius 3 is 2.45 bits per heavy atom. The van der Waals surface area contributed by atoms with Crippen molar-refractivity contribution in [1.29, 1.82) is 0 Å². The fourth-order valence-electron chi connectivity index (χ4n) is 0.217. The van der Waals surface area contributed by atoms with Crippen molar-refractivity contribution in [1.82, 2.24) is 0 Å². The Morgan fingerprint density at radius 2 is 2.09 bits per heavy atom. The smallest absolute Gasteiger partial charge is 0.336 e. The van der Waals surface area contributed by atoms with E-state index in [4.69, 9.17) is 10.2 Å². The summed E-state index contributed by atoms with van der Waals surface area (Å²) in [5, 5.41) is 16.6. The molecule has 0 spiro atoms. The third-order valence-electron chi connectivity index (χ3n) is 0.684. The molecule has 0 aromatic rings. The lowest BCUT2D eigenvalue weighted by molar-refractivity contribution is -0.141. The summed E-state index contributed by atoms with van der Waals surface area (Å²) < 4.78 is 4.01. The zero-order chi connectivity index (χ0) is 8.85. The highest BCUT2D eigenvalue weighted by molar-refractivity contribution is 5.89. The molecule has 0 aromatic carbocycles. The summed E-state index contributed by atoms with van der Waals surface area (Å²) in [7, 11) is 0. The molecule has 0 heterocycles. The first-order valence-corrected chi connectivity index (χ1v) is 2.57. The number of carbonyl (C=O) groups is 2. The number of nitrogens with two attached hydrogens (primary N) is 1. The average Bonchev–Trinajstić information content (AvgIpc) is 1.99. The molecule has 0 radical (unpaired) electrons. The quantitative estimate of drug-likeness (QED) is 0.262. The van der Waals surface area contributed by atoms with Crippen molar-refractivity contribution < 1.29 is 24.5 Å². The summed E-state index contributed by atoms with van der Waals surface area (Å²) in [4.78, 5) is 20.2. The number of ether oxygens (including phenoxy) is 1. The van der Waals surface area contributed by atoms with Gasteiger partial charge in [-0.05, 0) is 0 Å². The highest BCUT2D eigenvalue weighted by Crippen LogP contribution is 1.87. The van der Waals surface area contributed by atoms with E-state index in [-0.39, 0.29) is 0 Å². The SMILES string of the molecule is NC(=O)/C(O)=C/OC(=O)CO. The maximum Gasteiger partial charge on any atom is 0.336 e. The molecule has 0 aliphatic heterocycles. The standard InChI is InChI=1S/C5H7NO5/c6-5(10)3(8)2-11-4(9)1-7/h2,7-8H,1H2,(H2,6,10)/b3-2-. The Bertz CT molecular complexity index is 197. The van der Waals surface area contributed by atoms with Crippen LogP contribution in [0.3, 0.4) is 0 Å². The molecule has 6 nitrogen and oxygen atoms in total. The maximum atomic E-state index is 10.2. The maximum absolute atomic E-state index is 10.2. The molecular formula is C5H7NO5. The van der Waals surface area contributed by atoms with Crippen molar-refractivity contribution in [2.75, 3.05) is 6.61 Å². The van der Waals surface area contributed by atoms with E-state index in [9.17, 15) is 9.59 Å². The summed E-state index contributed by atoms with van der Waals surface area (Å²) in [5.41, 5.74) is 4.55. The van der Waals surface area contributed by atoms with Crippen molar-refractivity contribution in [2.45, 2.75) is 0 Å². The lowest BCUT2D eigenvalue weighted by atomic mass is 10.5. The molecule has 1 amide bonds. The van der Waals surface area contributed by atoms with Gasteiger partial charge in [-0.25, -0.2) is 4.79 Å². The first-order chi connectivity index (χ1) is 5.07. The summed E-state index contributed by atoms with van der Waals surface area (Å²) in [5.74, 6) is -2.99. The Balaban J connectivity index is 3.92. The van der Waals surface area contributed by atoms with Gasteiger partial charge in [0.15, 0.2) is 0 Å². The molecular weight excluding hydrogens is 154 g/mol. The monoisotopic (exact) mass is 161 g/mol. The molecule has 0 aliphatic carbocycles. The summed E-state index contributed by atoms with van der Waals surface area (Å²) >= 11 is 0. The summed E-state index contributed by atoms with van der Waals surface area (Å²) in [6, 6.07) is 0. The largest absolute Gasteiger partial charge is 0.501 e. The number of aliphatic hydroxyl groups is 2. The highest BCUT2D eigenvalue weighted by Gasteiger charge is 2.02. The minimum absolute atomic E-state index is 0.459. The molecule has 0 unspecified atom stereocenters. The van der Waals surface area contributed by atoms with E-state index in [0.717, 1.165) is 0 Å². The summed E-state index contributed by atoms with van der Waals surface area (Å²) in [6.07, 6.45) is 0.459. The molecule has 0 fully saturated rings. The first kappa shape index (κ1) is 9.44. The van der Waals surface area contributed by atoms with Crippen LogP contribution in [0.25, 0.3) is 0 Å². The van der Waals surface area contributed by atoms with E-state index in [1.807, 2.05) is 0 Å². The Morgan fingerprint density at radius 1 is 1.55 bits per heavy atom. The molecule has 4 N–H and O–H groups in total. The molecule has 0 saturated heterocycles. The molecule has 0 aromatic heterocycles. The molecule has 0 atom stereocenters. The van der Waals surface area contributed by atoms with Crippen LogP contribution in [-0.2, 0) is 14.3 Å². The molecule has 0 rings (SSSR count). The molecule has 0 aliphatic rings. The van der Waals surface area contributed by atoms with Crippen molar-refractivity contribution in [3.05, 3.63) is 12.0 Å². The van der Waals surface area contributed by atoms with Crippen LogP contribution in [0.2, 0.25) is 0 Å². The average molecular weight is 161 g/mol. The normalized spacial score (nSPS) is 10.8. The number of hydrogen-bond donors (Lipinski definition) is 3. The fourth-order valence-corrected chi connectivity index (χ4v) is 0.217. The molecule has 11 heavy (non-hydrogen) atoms. The fraction of sp³-hybridized carbons (Fsp3) is 0.200. The molecule has 0 bridgehead atoms. The number of carbonyl (C=O) groups excluding carboxylic acids is 2. The topological polar surface area (TPSA) is 110 Å². The van der Waals surface area contributed by atoms with Crippen LogP contribution in [0.5, 0.6) is 0 Å². The van der Waals surface area contributed by atoms with Gasteiger partial charge in [0, 0.05) is 0 Å². The van der Waals surface area contributed by atoms with E-state index in [1.54, 1.807) is 0 Å². The minimum Gasteiger partial charge on any atom is -0.501 e. The van der Waals surface area contributed by atoms with E-state index >= 15 is 0 Å². The van der Waals surface area contributed by atoms with Gasteiger partial charge in [-0.3, -0.25) is 4.79 Å². The third kappa shape index (κ3) is 3.93. The Hall–Kier alpha value is -1.56. The van der Waals surface area contributed by atoms with Gasteiger partial charge in [-0.15, -0.1) is 0 Å². The summed E-state index contributed by atoms with van der Waals surface area (Å²) in [6.45, 7) is -0.831. The zero-order valence-electron chi connectivity index (χ0n) is 5.48. The number of hydrogen-bond acceptors (Lipinski definition) is 5. The zero-order valence-corrected chi connectivity index (χ0v) is 5.48. The van der Waals surface area contributed by atoms with Crippen LogP contribution in [0, 0.1) is 0 Å². The minimum atomic E-state index is -1.12. The Kier molecular flexibility index (Phi) is 3.68. The number of aliphatic hydroxyl groups excluding tert-OH is 2. The van der Waals surface area contributed by atoms with E-state index < -0.39 is 24.2 Å². The van der Waals surface area contributed by atoms with Crippen molar-refractivity contribution >= 4 is 11.9 Å². The molecule has 6 heteroatoms. The van der Waals surface area contributed by atoms with Crippen LogP contribution in [0.15, 0.2) is 12.0 Å². The van der Waals surface area contributed by atoms with Crippen molar-refractivity contribution in [2.24, 2.45) is 5.73 Å². The predicted octanol–water partition coefficient (Wildman–Crippen LogP) is -1.59. The lowest BCUT2D eigenvalue weighted by Gasteiger charge is -1.94. The molecule has 62 valence electrons. The second kappa shape index (κ2) is 4.29. The van der Waals surface area contributed by atoms with Gasteiger partial charge in [-0.1, -0.05) is 0 Å². The first-order valence-electron chi connectivity index (χ1n) is 2.57. The van der Waals surface area contributed by atoms with E-state index in [0.29, 0.717) is 6.26 Å². The van der Waals surface area contributed by atoms with Crippen LogP contribution >= 0.6 is 0 Å². The van der Waals surface area contributed by atoms with Crippen LogP contribution < -0.4 is 5.73 Å². The second-order valence-corrected chi connectivity index (χ2v) is 1.52. The lowest BCUT2D eigenvalue weighted by Crippen LogP contribution is -2.15. The van der Waals surface area contributed by atoms with E-state index in [2.05, 4.69) is 10.5 Å². The second-order valence-electron chi connectivity index (χ2n) is 1.52. The predicted molar refractivity (Wildman–Crippen MR) is 33.1 cm³/mol. The van der Waals surface area contributed by atoms with Gasteiger partial charge < -0.3 is 20.7 Å². The number of esters is 1. The van der Waals surface area contributed by atoms with Crippen LogP contribution in [-0.4, -0.2) is 28.7 Å². The number of rotatable bonds is 3. The third-order valence-corrected chi connectivity index (χ3v) is 0.684. The van der Waals surface area contributed by atoms with Gasteiger partial charge in [0.1, 0.15) is 12.9 Å². The number of amides is 1. The van der Waals surface area contributed by atoms with Gasteiger partial charge >= 0.3 is 5.97 Å². The van der Waals surface area contributed by atoms with Gasteiger partial charge in [0.2, 0.25) is 5.76 Å². The van der Waals surface area contributed by atoms with Crippen LogP contribution in [0.1, 0.15) is 0 Å². The van der Waals surface area contributed by atoms with Gasteiger partial charge in [0.25, 0.3) is 5.91 Å². The highest BCUT2D eigenvalue weighted by atomic mass is 16.5. The molecule has 0 saturated carbocycles. The number of primary amides is 1. The van der Waals surface area contributed by atoms with Gasteiger partial charge in [0.05, 0.1) is 0 Å².